The number of likely N-dealkylation sites (N-methyl/N-ethyl adjacent to an activating group) is 1. The summed E-state index contributed by atoms with van der Waals surface area (Å²) in [5, 5.41) is 0.449. The lowest BCUT2D eigenvalue weighted by atomic mass is 9.93. The Bertz CT molecular complexity index is 1150. The van der Waals surface area contributed by atoms with Gasteiger partial charge >= 0.3 is 0 Å². The maximum Gasteiger partial charge on any atom is 0.232 e. The summed E-state index contributed by atoms with van der Waals surface area (Å²) in [7, 11) is 2.09. The van der Waals surface area contributed by atoms with E-state index >= 15 is 0 Å². The average molecular weight is 394 g/mol. The molecule has 0 amide bonds. The molecule has 0 N–H and O–H groups in total. The monoisotopic (exact) mass is 393 g/mol. The van der Waals surface area contributed by atoms with Crippen LogP contribution in [-0.4, -0.2) is 64.6 Å². The third-order valence-electron chi connectivity index (χ3n) is 5.30. The maximum absolute atomic E-state index is 12.9. The van der Waals surface area contributed by atoms with Crippen molar-refractivity contribution in [3.8, 4) is 0 Å². The Morgan fingerprint density at radius 2 is 1.68 bits per heavy atom. The molecule has 1 aliphatic heterocycles. The Balaban J connectivity index is 1.65. The van der Waals surface area contributed by atoms with Crippen LogP contribution < -0.4 is 4.90 Å². The fourth-order valence-corrected chi connectivity index (χ4v) is 4.02. The molecule has 1 saturated heterocycles. The van der Waals surface area contributed by atoms with Crippen molar-refractivity contribution in [2.24, 2.45) is 0 Å². The lowest BCUT2D eigenvalue weighted by Crippen LogP contribution is -2.44. The smallest absolute Gasteiger partial charge is 0.232 e. The van der Waals surface area contributed by atoms with E-state index < -0.39 is 5.78 Å². The molecule has 2 aliphatic rings. The summed E-state index contributed by atoms with van der Waals surface area (Å²) in [5.74, 6) is -0.743. The van der Waals surface area contributed by atoms with E-state index in [0.29, 0.717) is 16.1 Å². The zero-order valence-electron chi connectivity index (χ0n) is 15.1. The van der Waals surface area contributed by atoms with Crippen LogP contribution in [0.15, 0.2) is 30.5 Å². The van der Waals surface area contributed by atoms with Gasteiger partial charge in [0.05, 0.1) is 21.8 Å². The molecule has 3 heterocycles. The fraction of sp³-hybridized carbons (Fsp3) is 0.250. The van der Waals surface area contributed by atoms with E-state index in [2.05, 4.69) is 31.8 Å². The van der Waals surface area contributed by atoms with Crippen molar-refractivity contribution in [3.63, 3.8) is 0 Å². The van der Waals surface area contributed by atoms with E-state index in [9.17, 15) is 9.59 Å². The molecule has 1 aromatic carbocycles. The van der Waals surface area contributed by atoms with Gasteiger partial charge in [0.25, 0.3) is 0 Å². The lowest BCUT2D eigenvalue weighted by molar-refractivity contribution is 0.0968. The highest BCUT2D eigenvalue weighted by atomic mass is 35.5. The predicted molar refractivity (Wildman–Crippen MR) is 105 cm³/mol. The summed E-state index contributed by atoms with van der Waals surface area (Å²) in [5.41, 5.74) is 2.23. The van der Waals surface area contributed by atoms with Gasteiger partial charge in [0, 0.05) is 32.4 Å². The van der Waals surface area contributed by atoms with Gasteiger partial charge in [0.15, 0.2) is 0 Å². The largest absolute Gasteiger partial charge is 0.368 e. The third kappa shape index (κ3) is 2.51. The van der Waals surface area contributed by atoms with E-state index in [1.165, 1.54) is 6.20 Å². The SMILES string of the molecule is CN1CCN(c2ccc3nc4c(nc3c2Cl)C(=O)c2ncccc2C4=O)CC1. The zero-order chi connectivity index (χ0) is 19.4. The maximum atomic E-state index is 12.9. The van der Waals surface area contributed by atoms with Crippen LogP contribution in [0.4, 0.5) is 5.69 Å². The van der Waals surface area contributed by atoms with Gasteiger partial charge in [-0.15, -0.1) is 0 Å². The number of halogens is 1. The number of rotatable bonds is 1. The topological polar surface area (TPSA) is 79.3 Å². The molecule has 0 spiro atoms. The number of benzene rings is 1. The molecule has 0 radical (unpaired) electrons. The minimum Gasteiger partial charge on any atom is -0.368 e. The Morgan fingerprint density at radius 1 is 0.929 bits per heavy atom. The van der Waals surface area contributed by atoms with Gasteiger partial charge in [-0.05, 0) is 31.3 Å². The number of hydrogen-bond donors (Lipinski definition) is 0. The Labute approximate surface area is 166 Å². The standard InChI is InChI=1S/C20H16ClN5O2/c1-25-7-9-26(10-8-25)13-5-4-12-16(14(13)21)24-18-17(23-12)19(27)11-3-2-6-22-15(11)20(18)28/h2-6H,7-10H2,1H3. The number of anilines is 1. The minimum atomic E-state index is -0.402. The number of pyridine rings is 1. The van der Waals surface area contributed by atoms with Crippen LogP contribution in [0.2, 0.25) is 5.02 Å². The first kappa shape index (κ1) is 17.2. The summed E-state index contributed by atoms with van der Waals surface area (Å²) in [6.07, 6.45) is 1.49. The Kier molecular flexibility index (Phi) is 3.89. The van der Waals surface area contributed by atoms with Crippen molar-refractivity contribution < 1.29 is 9.59 Å². The summed E-state index contributed by atoms with van der Waals surface area (Å²) in [4.78, 5) is 43.1. The lowest BCUT2D eigenvalue weighted by Gasteiger charge is -2.34. The van der Waals surface area contributed by atoms with Gasteiger partial charge in [-0.25, -0.2) is 9.97 Å². The first-order valence-corrected chi connectivity index (χ1v) is 9.40. The molecule has 28 heavy (non-hydrogen) atoms. The van der Waals surface area contributed by atoms with Gasteiger partial charge in [0.1, 0.15) is 22.6 Å². The number of piperazine rings is 1. The highest BCUT2D eigenvalue weighted by molar-refractivity contribution is 6.38. The molecular weight excluding hydrogens is 378 g/mol. The van der Waals surface area contributed by atoms with Gasteiger partial charge in [-0.3, -0.25) is 14.6 Å². The fourth-order valence-electron chi connectivity index (χ4n) is 3.70. The second-order valence-corrected chi connectivity index (χ2v) is 7.41. The number of aromatic nitrogens is 3. The van der Waals surface area contributed by atoms with Crippen molar-refractivity contribution in [2.75, 3.05) is 38.1 Å². The molecule has 0 saturated carbocycles. The Morgan fingerprint density at radius 3 is 2.46 bits per heavy atom. The second kappa shape index (κ2) is 6.32. The first-order valence-electron chi connectivity index (χ1n) is 9.03. The molecule has 0 bridgehead atoms. The van der Waals surface area contributed by atoms with Gasteiger partial charge in [-0.1, -0.05) is 11.6 Å². The molecule has 5 rings (SSSR count). The summed E-state index contributed by atoms with van der Waals surface area (Å²) >= 11 is 6.67. The molecule has 7 nitrogen and oxygen atoms in total. The summed E-state index contributed by atoms with van der Waals surface area (Å²) < 4.78 is 0. The molecule has 140 valence electrons. The number of fused-ring (bicyclic) bond motifs is 3. The van der Waals surface area contributed by atoms with E-state index in [1.807, 2.05) is 6.07 Å². The van der Waals surface area contributed by atoms with Crippen LogP contribution in [-0.2, 0) is 0 Å². The Hall–Kier alpha value is -2.90. The quantitative estimate of drug-likeness (QED) is 0.490. The number of ketones is 2. The predicted octanol–water partition coefficient (Wildman–Crippen LogP) is 2.21. The van der Waals surface area contributed by atoms with Crippen LogP contribution in [0.3, 0.4) is 0 Å². The zero-order valence-corrected chi connectivity index (χ0v) is 15.9. The van der Waals surface area contributed by atoms with Crippen LogP contribution in [0.25, 0.3) is 11.0 Å². The first-order chi connectivity index (χ1) is 13.5. The summed E-state index contributed by atoms with van der Waals surface area (Å²) in [6.45, 7) is 3.60. The molecule has 0 unspecified atom stereocenters. The van der Waals surface area contributed by atoms with E-state index in [-0.39, 0.29) is 28.4 Å². The third-order valence-corrected chi connectivity index (χ3v) is 5.67. The molecular formula is C20H16ClN5O2. The molecule has 2 aromatic heterocycles. The van der Waals surface area contributed by atoms with E-state index in [4.69, 9.17) is 11.6 Å². The van der Waals surface area contributed by atoms with Crippen LogP contribution in [0, 0.1) is 0 Å². The highest BCUT2D eigenvalue weighted by Gasteiger charge is 2.34. The minimum absolute atomic E-state index is 0.0149. The van der Waals surface area contributed by atoms with Crippen LogP contribution >= 0.6 is 11.6 Å². The van der Waals surface area contributed by atoms with Gasteiger partial charge < -0.3 is 9.80 Å². The van der Waals surface area contributed by atoms with E-state index in [0.717, 1.165) is 31.9 Å². The van der Waals surface area contributed by atoms with Crippen molar-refractivity contribution in [1.29, 1.82) is 0 Å². The van der Waals surface area contributed by atoms with Gasteiger partial charge in [0.2, 0.25) is 11.6 Å². The van der Waals surface area contributed by atoms with Crippen molar-refractivity contribution in [3.05, 3.63) is 58.1 Å². The van der Waals surface area contributed by atoms with Crippen molar-refractivity contribution >= 4 is 39.9 Å². The van der Waals surface area contributed by atoms with Crippen molar-refractivity contribution in [2.45, 2.75) is 0 Å². The normalized spacial score (nSPS) is 17.0. The van der Waals surface area contributed by atoms with Crippen LogP contribution in [0.5, 0.6) is 0 Å². The molecule has 8 heteroatoms. The van der Waals surface area contributed by atoms with E-state index in [1.54, 1.807) is 18.2 Å². The van der Waals surface area contributed by atoms with Gasteiger partial charge in [-0.2, -0.15) is 0 Å². The number of hydrogen-bond acceptors (Lipinski definition) is 7. The number of carbonyl (C=O) groups excluding carboxylic acids is 2. The second-order valence-electron chi connectivity index (χ2n) is 7.04. The number of carbonyl (C=O) groups is 2. The molecule has 0 atom stereocenters. The highest BCUT2D eigenvalue weighted by Crippen LogP contribution is 2.34. The average Bonchev–Trinajstić information content (AvgIpc) is 2.72. The molecule has 1 fully saturated rings. The van der Waals surface area contributed by atoms with Crippen LogP contribution in [0.1, 0.15) is 32.2 Å². The van der Waals surface area contributed by atoms with Crippen molar-refractivity contribution in [1.82, 2.24) is 19.9 Å². The molecule has 3 aromatic rings. The number of nitrogens with zero attached hydrogens (tertiary/aromatic N) is 5. The molecule has 1 aliphatic carbocycles. The summed E-state index contributed by atoms with van der Waals surface area (Å²) in [6, 6.07) is 6.92.